The van der Waals surface area contributed by atoms with Crippen LogP contribution in [0.4, 0.5) is 5.13 Å². The molecule has 0 unspecified atom stereocenters. The van der Waals surface area contributed by atoms with Gasteiger partial charge in [0.15, 0.2) is 5.13 Å². The van der Waals surface area contributed by atoms with Gasteiger partial charge in [-0.25, -0.2) is 4.98 Å². The number of nitrogens with two attached hydrogens (primary N) is 1. The molecule has 4 nitrogen and oxygen atoms in total. The zero-order chi connectivity index (χ0) is 13.7. The molecule has 0 aliphatic rings. The number of hydrogen-bond acceptors (Lipinski definition) is 4. The fourth-order valence-corrected chi connectivity index (χ4v) is 2.48. The van der Waals surface area contributed by atoms with Crippen LogP contribution in [0.1, 0.15) is 11.3 Å². The van der Waals surface area contributed by atoms with Crippen LogP contribution >= 0.6 is 27.3 Å². The standard InChI is InChI=1S/C13H14BrN3OS/c14-10-3-1-9(2-4-10)7-12(18)16-6-5-11-8-19-13(15)17-11/h1-4,8H,5-7H2,(H2,15,17)(H,16,18). The van der Waals surface area contributed by atoms with Crippen LogP contribution < -0.4 is 11.1 Å². The lowest BCUT2D eigenvalue weighted by atomic mass is 10.1. The molecule has 1 aromatic carbocycles. The monoisotopic (exact) mass is 339 g/mol. The van der Waals surface area contributed by atoms with E-state index in [-0.39, 0.29) is 5.91 Å². The zero-order valence-electron chi connectivity index (χ0n) is 10.2. The van der Waals surface area contributed by atoms with E-state index < -0.39 is 0 Å². The Labute approximate surface area is 124 Å². The van der Waals surface area contributed by atoms with Crippen LogP contribution in [0, 0.1) is 0 Å². The van der Waals surface area contributed by atoms with Crippen molar-refractivity contribution < 1.29 is 4.79 Å². The van der Waals surface area contributed by atoms with Gasteiger partial charge in [-0.3, -0.25) is 4.79 Å². The first kappa shape index (κ1) is 14.0. The summed E-state index contributed by atoms with van der Waals surface area (Å²) < 4.78 is 1.01. The molecule has 0 aliphatic heterocycles. The summed E-state index contributed by atoms with van der Waals surface area (Å²) in [6.07, 6.45) is 1.10. The summed E-state index contributed by atoms with van der Waals surface area (Å²) in [6.45, 7) is 0.582. The second-order valence-corrected chi connectivity index (χ2v) is 5.89. The van der Waals surface area contributed by atoms with Crippen molar-refractivity contribution in [1.82, 2.24) is 10.3 Å². The molecule has 0 atom stereocenters. The largest absolute Gasteiger partial charge is 0.375 e. The summed E-state index contributed by atoms with van der Waals surface area (Å²) in [7, 11) is 0. The van der Waals surface area contributed by atoms with Crippen molar-refractivity contribution in [2.45, 2.75) is 12.8 Å². The fourth-order valence-electron chi connectivity index (χ4n) is 1.62. The number of halogens is 1. The number of nitrogen functional groups attached to an aromatic ring is 1. The lowest BCUT2D eigenvalue weighted by Gasteiger charge is -2.04. The minimum absolute atomic E-state index is 0.0190. The van der Waals surface area contributed by atoms with Crippen LogP contribution in [0.15, 0.2) is 34.1 Å². The number of amides is 1. The maximum atomic E-state index is 11.7. The average Bonchev–Trinajstić information content (AvgIpc) is 2.78. The molecule has 0 fully saturated rings. The third-order valence-corrected chi connectivity index (χ3v) is 3.80. The molecule has 19 heavy (non-hydrogen) atoms. The summed E-state index contributed by atoms with van der Waals surface area (Å²) >= 11 is 4.78. The lowest BCUT2D eigenvalue weighted by molar-refractivity contribution is -0.120. The Balaban J connectivity index is 1.74. The van der Waals surface area contributed by atoms with Crippen LogP contribution in [0.5, 0.6) is 0 Å². The molecule has 0 spiro atoms. The molecule has 0 radical (unpaired) electrons. The van der Waals surface area contributed by atoms with Crippen molar-refractivity contribution in [3.63, 3.8) is 0 Å². The molecule has 2 aromatic rings. The highest BCUT2D eigenvalue weighted by Crippen LogP contribution is 2.12. The molecule has 0 bridgehead atoms. The van der Waals surface area contributed by atoms with E-state index in [9.17, 15) is 4.79 Å². The van der Waals surface area contributed by atoms with Crippen LogP contribution in [0.2, 0.25) is 0 Å². The maximum Gasteiger partial charge on any atom is 0.224 e. The third kappa shape index (κ3) is 4.65. The first-order valence-electron chi connectivity index (χ1n) is 5.84. The summed E-state index contributed by atoms with van der Waals surface area (Å²) in [5.74, 6) is 0.0190. The van der Waals surface area contributed by atoms with Crippen molar-refractivity contribution in [3.8, 4) is 0 Å². The average molecular weight is 340 g/mol. The number of aromatic nitrogens is 1. The van der Waals surface area contributed by atoms with Crippen molar-refractivity contribution in [3.05, 3.63) is 45.4 Å². The van der Waals surface area contributed by atoms with E-state index in [4.69, 9.17) is 5.73 Å². The van der Waals surface area contributed by atoms with Gasteiger partial charge in [0.05, 0.1) is 12.1 Å². The van der Waals surface area contributed by atoms with Gasteiger partial charge in [0.25, 0.3) is 0 Å². The van der Waals surface area contributed by atoms with Gasteiger partial charge in [-0.1, -0.05) is 28.1 Å². The summed E-state index contributed by atoms with van der Waals surface area (Å²) in [4.78, 5) is 15.9. The molecule has 100 valence electrons. The van der Waals surface area contributed by atoms with Gasteiger partial charge < -0.3 is 11.1 Å². The Morgan fingerprint density at radius 2 is 2.11 bits per heavy atom. The first-order chi connectivity index (χ1) is 9.13. The summed E-state index contributed by atoms with van der Waals surface area (Å²) in [5.41, 5.74) is 7.46. The molecule has 1 heterocycles. The Kier molecular flexibility index (Phi) is 4.93. The number of hydrogen-bond donors (Lipinski definition) is 2. The number of nitrogens with zero attached hydrogens (tertiary/aromatic N) is 1. The molecule has 1 amide bonds. The molecule has 3 N–H and O–H groups in total. The number of rotatable bonds is 5. The van der Waals surface area contributed by atoms with Gasteiger partial charge in [0, 0.05) is 22.8 Å². The fraction of sp³-hybridized carbons (Fsp3) is 0.231. The number of nitrogens with one attached hydrogen (secondary N) is 1. The van der Waals surface area contributed by atoms with E-state index in [0.717, 1.165) is 15.7 Å². The number of benzene rings is 1. The van der Waals surface area contributed by atoms with Gasteiger partial charge in [0.1, 0.15) is 0 Å². The molecule has 2 rings (SSSR count). The second-order valence-electron chi connectivity index (χ2n) is 4.08. The molecular weight excluding hydrogens is 326 g/mol. The minimum Gasteiger partial charge on any atom is -0.375 e. The van der Waals surface area contributed by atoms with Gasteiger partial charge in [0.2, 0.25) is 5.91 Å². The SMILES string of the molecule is Nc1nc(CCNC(=O)Cc2ccc(Br)cc2)cs1. The van der Waals surface area contributed by atoms with E-state index in [1.165, 1.54) is 11.3 Å². The van der Waals surface area contributed by atoms with Crippen LogP contribution in [0.3, 0.4) is 0 Å². The maximum absolute atomic E-state index is 11.7. The topological polar surface area (TPSA) is 68.0 Å². The highest BCUT2D eigenvalue weighted by atomic mass is 79.9. The quantitative estimate of drug-likeness (QED) is 0.878. The summed E-state index contributed by atoms with van der Waals surface area (Å²) in [6, 6.07) is 7.73. The smallest absolute Gasteiger partial charge is 0.224 e. The van der Waals surface area contributed by atoms with E-state index in [1.54, 1.807) is 0 Å². The van der Waals surface area contributed by atoms with Crippen molar-refractivity contribution in [2.24, 2.45) is 0 Å². The van der Waals surface area contributed by atoms with Gasteiger partial charge in [-0.15, -0.1) is 11.3 Å². The first-order valence-corrected chi connectivity index (χ1v) is 7.52. The van der Waals surface area contributed by atoms with Gasteiger partial charge >= 0.3 is 0 Å². The second kappa shape index (κ2) is 6.68. The van der Waals surface area contributed by atoms with E-state index in [0.29, 0.717) is 24.5 Å². The number of thiazole rings is 1. The minimum atomic E-state index is 0.0190. The van der Waals surface area contributed by atoms with Gasteiger partial charge in [-0.2, -0.15) is 0 Å². The Bertz CT molecular complexity index is 553. The number of anilines is 1. The van der Waals surface area contributed by atoms with Crippen molar-refractivity contribution in [1.29, 1.82) is 0 Å². The van der Waals surface area contributed by atoms with Crippen molar-refractivity contribution in [2.75, 3.05) is 12.3 Å². The van der Waals surface area contributed by atoms with E-state index >= 15 is 0 Å². The third-order valence-electron chi connectivity index (χ3n) is 2.55. The highest BCUT2D eigenvalue weighted by Gasteiger charge is 2.04. The van der Waals surface area contributed by atoms with Crippen molar-refractivity contribution >= 4 is 38.3 Å². The molecule has 1 aromatic heterocycles. The predicted octanol–water partition coefficient (Wildman–Crippen LogP) is 2.39. The van der Waals surface area contributed by atoms with Gasteiger partial charge in [-0.05, 0) is 17.7 Å². The van der Waals surface area contributed by atoms with Crippen LogP contribution in [-0.4, -0.2) is 17.4 Å². The molecule has 6 heteroatoms. The zero-order valence-corrected chi connectivity index (χ0v) is 12.6. The number of carbonyl (C=O) groups is 1. The Hall–Kier alpha value is -1.40. The van der Waals surface area contributed by atoms with Crippen LogP contribution in [-0.2, 0) is 17.6 Å². The lowest BCUT2D eigenvalue weighted by Crippen LogP contribution is -2.27. The Morgan fingerprint density at radius 3 is 2.74 bits per heavy atom. The van der Waals surface area contributed by atoms with Crippen LogP contribution in [0.25, 0.3) is 0 Å². The predicted molar refractivity (Wildman–Crippen MR) is 81.1 cm³/mol. The molecule has 0 saturated carbocycles. The molecule has 0 aliphatic carbocycles. The molecular formula is C13H14BrN3OS. The molecule has 0 saturated heterocycles. The number of carbonyl (C=O) groups excluding carboxylic acids is 1. The van der Waals surface area contributed by atoms with E-state index in [2.05, 4.69) is 26.2 Å². The highest BCUT2D eigenvalue weighted by molar-refractivity contribution is 9.10. The summed E-state index contributed by atoms with van der Waals surface area (Å²) in [5, 5.41) is 5.36. The normalized spacial score (nSPS) is 10.4. The Morgan fingerprint density at radius 1 is 1.37 bits per heavy atom. The van der Waals surface area contributed by atoms with E-state index in [1.807, 2.05) is 29.6 Å².